The van der Waals surface area contributed by atoms with E-state index in [2.05, 4.69) is 10.1 Å². The minimum absolute atomic E-state index is 0.161. The van der Waals surface area contributed by atoms with Gasteiger partial charge in [-0.3, -0.25) is 14.0 Å². The molecule has 0 fully saturated rings. The summed E-state index contributed by atoms with van der Waals surface area (Å²) in [6.45, 7) is 5.17. The highest BCUT2D eigenvalue weighted by Crippen LogP contribution is 2.05. The van der Waals surface area contributed by atoms with E-state index in [1.54, 1.807) is 0 Å². The maximum atomic E-state index is 11.7. The summed E-state index contributed by atoms with van der Waals surface area (Å²) in [7, 11) is 0. The van der Waals surface area contributed by atoms with Crippen LogP contribution in [0.1, 0.15) is 18.3 Å². The molecule has 0 N–H and O–H groups in total. The van der Waals surface area contributed by atoms with E-state index >= 15 is 0 Å². The number of hydrogen-bond donors (Lipinski definition) is 0. The molecule has 0 radical (unpaired) electrons. The van der Waals surface area contributed by atoms with Crippen LogP contribution in [0.2, 0.25) is 5.15 Å². The molecular weight excluding hydrogens is 240 g/mol. The first-order valence-corrected chi connectivity index (χ1v) is 5.73. The van der Waals surface area contributed by atoms with E-state index in [9.17, 15) is 4.79 Å². The van der Waals surface area contributed by atoms with E-state index in [1.165, 1.54) is 17.0 Å². The number of rotatable bonds is 3. The predicted molar refractivity (Wildman–Crippen MR) is 65.2 cm³/mol. The predicted octanol–water partition coefficient (Wildman–Crippen LogP) is 1.47. The molecule has 0 aliphatic carbocycles. The van der Waals surface area contributed by atoms with Crippen LogP contribution in [-0.4, -0.2) is 19.3 Å². The van der Waals surface area contributed by atoms with Crippen LogP contribution in [0.5, 0.6) is 0 Å². The number of halogens is 1. The highest BCUT2D eigenvalue weighted by Gasteiger charge is 2.06. The van der Waals surface area contributed by atoms with Gasteiger partial charge in [-0.25, -0.2) is 4.98 Å². The molecule has 2 heterocycles. The minimum Gasteiger partial charge on any atom is -0.293 e. The van der Waals surface area contributed by atoms with Gasteiger partial charge in [-0.2, -0.15) is 5.10 Å². The van der Waals surface area contributed by atoms with Gasteiger partial charge in [0.15, 0.2) is 0 Å². The molecule has 0 aliphatic rings. The zero-order valence-electron chi connectivity index (χ0n) is 9.72. The van der Waals surface area contributed by atoms with Crippen molar-refractivity contribution in [1.29, 1.82) is 0 Å². The number of aryl methyl sites for hydroxylation is 2. The lowest BCUT2D eigenvalue weighted by atomic mass is 10.3. The van der Waals surface area contributed by atoms with Crippen LogP contribution in [0.15, 0.2) is 23.3 Å². The maximum Gasteiger partial charge on any atom is 0.255 e. The smallest absolute Gasteiger partial charge is 0.255 e. The summed E-state index contributed by atoms with van der Waals surface area (Å²) in [5.74, 6) is 0. The molecule has 0 aromatic carbocycles. The largest absolute Gasteiger partial charge is 0.293 e. The van der Waals surface area contributed by atoms with Crippen LogP contribution in [0.25, 0.3) is 0 Å². The first-order chi connectivity index (χ1) is 8.10. The summed E-state index contributed by atoms with van der Waals surface area (Å²) < 4.78 is 3.38. The Morgan fingerprint density at radius 1 is 1.41 bits per heavy atom. The average molecular weight is 253 g/mol. The van der Waals surface area contributed by atoms with Gasteiger partial charge in [-0.05, 0) is 19.9 Å². The van der Waals surface area contributed by atoms with Crippen molar-refractivity contribution in [1.82, 2.24) is 19.3 Å². The fourth-order valence-electron chi connectivity index (χ4n) is 1.70. The van der Waals surface area contributed by atoms with E-state index in [-0.39, 0.29) is 10.7 Å². The van der Waals surface area contributed by atoms with Crippen LogP contribution in [0.3, 0.4) is 0 Å². The zero-order chi connectivity index (χ0) is 12.4. The molecule has 90 valence electrons. The summed E-state index contributed by atoms with van der Waals surface area (Å²) in [5.41, 5.74) is 1.76. The topological polar surface area (TPSA) is 52.7 Å². The van der Waals surface area contributed by atoms with Crippen molar-refractivity contribution in [2.24, 2.45) is 0 Å². The molecule has 2 rings (SSSR count). The Bertz CT molecular complexity index is 587. The Morgan fingerprint density at radius 2 is 2.18 bits per heavy atom. The van der Waals surface area contributed by atoms with Crippen LogP contribution in [0, 0.1) is 6.92 Å². The lowest BCUT2D eigenvalue weighted by Gasteiger charge is -2.06. The lowest BCUT2D eigenvalue weighted by Crippen LogP contribution is -2.21. The number of hydrogen-bond acceptors (Lipinski definition) is 3. The van der Waals surface area contributed by atoms with E-state index in [0.29, 0.717) is 6.54 Å². The summed E-state index contributed by atoms with van der Waals surface area (Å²) in [4.78, 5) is 15.6. The Balaban J connectivity index is 2.34. The van der Waals surface area contributed by atoms with Crippen molar-refractivity contribution in [3.8, 4) is 0 Å². The molecule has 2 aromatic rings. The van der Waals surface area contributed by atoms with Crippen LogP contribution >= 0.6 is 11.6 Å². The molecule has 0 atom stereocenters. The average Bonchev–Trinajstić information content (AvgIpc) is 2.63. The van der Waals surface area contributed by atoms with Gasteiger partial charge < -0.3 is 0 Å². The van der Waals surface area contributed by atoms with Crippen molar-refractivity contribution in [2.75, 3.05) is 0 Å². The second kappa shape index (κ2) is 4.71. The van der Waals surface area contributed by atoms with Gasteiger partial charge in [-0.1, -0.05) is 11.6 Å². The summed E-state index contributed by atoms with van der Waals surface area (Å²) in [6, 6.07) is 3.27. The molecule has 2 aromatic heterocycles. The fraction of sp³-hybridized carbons (Fsp3) is 0.364. The van der Waals surface area contributed by atoms with E-state index in [4.69, 9.17) is 11.6 Å². The Labute approximate surface area is 104 Å². The number of nitrogens with zero attached hydrogens (tertiary/aromatic N) is 4. The minimum atomic E-state index is -0.161. The highest BCUT2D eigenvalue weighted by atomic mass is 35.5. The van der Waals surface area contributed by atoms with Gasteiger partial charge in [0, 0.05) is 12.6 Å². The molecule has 0 bridgehead atoms. The standard InChI is InChI=1S/C11H13ClN4O/c1-3-16-9(4-8(2)14-16)6-15-7-13-10(12)5-11(15)17/h4-5,7H,3,6H2,1-2H3. The third-order valence-corrected chi connectivity index (χ3v) is 2.67. The Morgan fingerprint density at radius 3 is 2.82 bits per heavy atom. The van der Waals surface area contributed by atoms with Gasteiger partial charge in [-0.15, -0.1) is 0 Å². The normalized spacial score (nSPS) is 10.8. The zero-order valence-corrected chi connectivity index (χ0v) is 10.5. The second-order valence-corrected chi connectivity index (χ2v) is 4.16. The molecular formula is C11H13ClN4O. The quantitative estimate of drug-likeness (QED) is 0.778. The first kappa shape index (κ1) is 11.9. The van der Waals surface area contributed by atoms with E-state index < -0.39 is 0 Å². The van der Waals surface area contributed by atoms with Gasteiger partial charge in [0.25, 0.3) is 5.56 Å². The molecule has 0 spiro atoms. The van der Waals surface area contributed by atoms with E-state index in [1.807, 2.05) is 24.6 Å². The highest BCUT2D eigenvalue weighted by molar-refractivity contribution is 6.29. The van der Waals surface area contributed by atoms with Gasteiger partial charge in [0.1, 0.15) is 5.15 Å². The molecule has 0 amide bonds. The van der Waals surface area contributed by atoms with Crippen LogP contribution in [0.4, 0.5) is 0 Å². The van der Waals surface area contributed by atoms with Gasteiger partial charge in [0.05, 0.1) is 24.3 Å². The third-order valence-electron chi connectivity index (χ3n) is 2.46. The molecule has 5 nitrogen and oxygen atoms in total. The molecule has 0 saturated carbocycles. The van der Waals surface area contributed by atoms with Crippen molar-refractivity contribution in [3.05, 3.63) is 45.4 Å². The Hall–Kier alpha value is -1.62. The molecule has 0 saturated heterocycles. The molecule has 0 unspecified atom stereocenters. The lowest BCUT2D eigenvalue weighted by molar-refractivity contribution is 0.588. The van der Waals surface area contributed by atoms with Crippen molar-refractivity contribution in [3.63, 3.8) is 0 Å². The van der Waals surface area contributed by atoms with E-state index in [0.717, 1.165) is 17.9 Å². The van der Waals surface area contributed by atoms with Gasteiger partial charge in [0.2, 0.25) is 0 Å². The first-order valence-electron chi connectivity index (χ1n) is 5.35. The van der Waals surface area contributed by atoms with Crippen molar-refractivity contribution >= 4 is 11.6 Å². The summed E-state index contributed by atoms with van der Waals surface area (Å²) in [6.07, 6.45) is 1.45. The SMILES string of the molecule is CCn1nc(C)cc1Cn1cnc(Cl)cc1=O. The van der Waals surface area contributed by atoms with Crippen molar-refractivity contribution < 1.29 is 0 Å². The summed E-state index contributed by atoms with van der Waals surface area (Å²) in [5, 5.41) is 4.54. The van der Waals surface area contributed by atoms with Crippen LogP contribution < -0.4 is 5.56 Å². The molecule has 0 aliphatic heterocycles. The monoisotopic (exact) mass is 252 g/mol. The molecule has 6 heteroatoms. The second-order valence-electron chi connectivity index (χ2n) is 3.77. The third kappa shape index (κ3) is 2.55. The fourth-order valence-corrected chi connectivity index (χ4v) is 1.83. The number of aromatic nitrogens is 4. The van der Waals surface area contributed by atoms with Crippen LogP contribution in [-0.2, 0) is 13.1 Å². The molecule has 17 heavy (non-hydrogen) atoms. The summed E-state index contributed by atoms with van der Waals surface area (Å²) >= 11 is 5.64. The maximum absolute atomic E-state index is 11.7. The van der Waals surface area contributed by atoms with Crippen molar-refractivity contribution in [2.45, 2.75) is 26.9 Å². The Kier molecular flexibility index (Phi) is 3.28. The van der Waals surface area contributed by atoms with Gasteiger partial charge >= 0.3 is 0 Å².